The Balaban J connectivity index is 5.64. The van der Waals surface area contributed by atoms with E-state index in [0.29, 0.717) is 38.5 Å². The van der Waals surface area contributed by atoms with Crippen LogP contribution in [0, 0.1) is 0 Å². The molecule has 19 heteroatoms. The number of hydrogen-bond acceptors (Lipinski definition) is 15. The van der Waals surface area contributed by atoms with Gasteiger partial charge in [0.2, 0.25) is 0 Å². The smallest absolute Gasteiger partial charge is 0.462 e. The molecular formula is C97H148O17P2. The average Bonchev–Trinajstić information content (AvgIpc) is 0.898. The van der Waals surface area contributed by atoms with Crippen LogP contribution < -0.4 is 0 Å². The van der Waals surface area contributed by atoms with Crippen molar-refractivity contribution in [3.05, 3.63) is 255 Å². The van der Waals surface area contributed by atoms with E-state index in [1.54, 1.807) is 0 Å². The van der Waals surface area contributed by atoms with Crippen LogP contribution in [0.5, 0.6) is 0 Å². The summed E-state index contributed by atoms with van der Waals surface area (Å²) in [5.74, 6) is -2.48. The third kappa shape index (κ3) is 84.5. The Hall–Kier alpha value is -7.40. The van der Waals surface area contributed by atoms with Gasteiger partial charge in [-0.15, -0.1) is 0 Å². The maximum Gasteiger partial charge on any atom is 0.472 e. The van der Waals surface area contributed by atoms with E-state index in [1.165, 1.54) is 19.3 Å². The highest BCUT2D eigenvalue weighted by atomic mass is 31.2. The van der Waals surface area contributed by atoms with Crippen molar-refractivity contribution in [2.75, 3.05) is 39.6 Å². The summed E-state index contributed by atoms with van der Waals surface area (Å²) in [5, 5.41) is 10.7. The van der Waals surface area contributed by atoms with Gasteiger partial charge in [0.15, 0.2) is 12.2 Å². The molecular weight excluding hydrogens is 1500 g/mol. The van der Waals surface area contributed by atoms with Gasteiger partial charge < -0.3 is 33.8 Å². The van der Waals surface area contributed by atoms with E-state index >= 15 is 0 Å². The number of carbonyl (C=O) groups excluding carboxylic acids is 4. The van der Waals surface area contributed by atoms with Crippen LogP contribution >= 0.6 is 15.6 Å². The van der Waals surface area contributed by atoms with Crippen molar-refractivity contribution in [2.45, 2.75) is 290 Å². The van der Waals surface area contributed by atoms with Crippen molar-refractivity contribution in [2.24, 2.45) is 0 Å². The van der Waals surface area contributed by atoms with Crippen LogP contribution in [0.3, 0.4) is 0 Å². The van der Waals surface area contributed by atoms with E-state index in [1.807, 2.05) is 36.5 Å². The van der Waals surface area contributed by atoms with Crippen LogP contribution in [-0.4, -0.2) is 96.7 Å². The number of carbonyl (C=O) groups is 4. The number of aliphatic hydroxyl groups excluding tert-OH is 1. The molecule has 0 aromatic rings. The van der Waals surface area contributed by atoms with Gasteiger partial charge in [0.05, 0.1) is 26.4 Å². The van der Waals surface area contributed by atoms with Gasteiger partial charge in [-0.1, -0.05) is 309 Å². The van der Waals surface area contributed by atoms with Gasteiger partial charge in [-0.05, 0) is 193 Å². The molecule has 0 amide bonds. The molecule has 0 aliphatic heterocycles. The normalized spacial score (nSPS) is 15.0. The highest BCUT2D eigenvalue weighted by molar-refractivity contribution is 7.47. The summed E-state index contributed by atoms with van der Waals surface area (Å²) >= 11 is 0. The van der Waals surface area contributed by atoms with Gasteiger partial charge in [-0.25, -0.2) is 9.13 Å². The molecule has 0 aromatic carbocycles. The van der Waals surface area contributed by atoms with Crippen molar-refractivity contribution in [1.29, 1.82) is 0 Å². The zero-order valence-electron chi connectivity index (χ0n) is 71.0. The van der Waals surface area contributed by atoms with Crippen molar-refractivity contribution >= 4 is 39.5 Å². The number of aliphatic hydroxyl groups is 1. The first-order valence-electron chi connectivity index (χ1n) is 42.9. The second-order valence-corrected chi connectivity index (χ2v) is 30.2. The van der Waals surface area contributed by atoms with Gasteiger partial charge in [0.25, 0.3) is 0 Å². The lowest BCUT2D eigenvalue weighted by Crippen LogP contribution is -2.30. The molecule has 0 fully saturated rings. The summed E-state index contributed by atoms with van der Waals surface area (Å²) in [6.07, 6.45) is 114. The molecule has 648 valence electrons. The van der Waals surface area contributed by atoms with E-state index in [9.17, 15) is 43.2 Å². The van der Waals surface area contributed by atoms with Crippen LogP contribution in [0.1, 0.15) is 272 Å². The Morgan fingerprint density at radius 1 is 0.250 bits per heavy atom. The molecule has 0 aliphatic rings. The Morgan fingerprint density at radius 3 is 0.707 bits per heavy atom. The highest BCUT2D eigenvalue weighted by Gasteiger charge is 2.30. The van der Waals surface area contributed by atoms with Gasteiger partial charge in [-0.3, -0.25) is 37.3 Å². The fourth-order valence-electron chi connectivity index (χ4n) is 10.1. The number of ether oxygens (including phenoxy) is 4. The van der Waals surface area contributed by atoms with Crippen LogP contribution in [0.4, 0.5) is 0 Å². The SMILES string of the molecule is CC/C=C\C/C=C\C/C=C\C/C=C\C/C=C\C/C=C\CCC(=O)O[C@H](COC(=O)CCCCC/C=C\C/C=C\C/C=C\C/C=C\C/C=C\CC)COP(=O)(O)OC[C@@H](O)COP(=O)(O)OC[C@@H](COC(=O)CCCCC/C=C\C/C=C\C/C=C\C/C=C\C/C=C\CC)OC(=O)CC/C=C\C/C=C\C/C=C\C/C=C\C/C=C\CCCCC. The quantitative estimate of drug-likeness (QED) is 0.0169. The predicted molar refractivity (Wildman–Crippen MR) is 481 cm³/mol. The van der Waals surface area contributed by atoms with Gasteiger partial charge in [0.1, 0.15) is 19.3 Å². The van der Waals surface area contributed by atoms with Crippen molar-refractivity contribution in [3.63, 3.8) is 0 Å². The summed E-state index contributed by atoms with van der Waals surface area (Å²) in [5.41, 5.74) is 0. The van der Waals surface area contributed by atoms with Crippen LogP contribution in [0.2, 0.25) is 0 Å². The molecule has 116 heavy (non-hydrogen) atoms. The Bertz CT molecular complexity index is 3210. The number of unbranched alkanes of at least 4 members (excludes halogenated alkanes) is 9. The number of phosphoric ester groups is 2. The van der Waals surface area contributed by atoms with Crippen molar-refractivity contribution in [3.8, 4) is 0 Å². The minimum Gasteiger partial charge on any atom is -0.462 e. The Labute approximate surface area is 700 Å². The summed E-state index contributed by atoms with van der Waals surface area (Å²) in [6, 6.07) is 0. The summed E-state index contributed by atoms with van der Waals surface area (Å²) in [4.78, 5) is 73.3. The summed E-state index contributed by atoms with van der Waals surface area (Å²) in [7, 11) is -10.1. The van der Waals surface area contributed by atoms with Gasteiger partial charge in [0, 0.05) is 25.7 Å². The minimum absolute atomic E-state index is 0.0509. The molecule has 0 heterocycles. The third-order valence-electron chi connectivity index (χ3n) is 16.5. The van der Waals surface area contributed by atoms with E-state index in [-0.39, 0.29) is 25.7 Å². The number of phosphoric acid groups is 2. The highest BCUT2D eigenvalue weighted by Crippen LogP contribution is 2.45. The molecule has 0 aliphatic carbocycles. The number of esters is 4. The molecule has 3 N–H and O–H groups in total. The lowest BCUT2D eigenvalue weighted by molar-refractivity contribution is -0.161. The zero-order valence-corrected chi connectivity index (χ0v) is 72.8. The molecule has 0 aromatic heterocycles. The molecule has 0 spiro atoms. The lowest BCUT2D eigenvalue weighted by atomic mass is 10.1. The van der Waals surface area contributed by atoms with Crippen LogP contribution in [0.25, 0.3) is 0 Å². The van der Waals surface area contributed by atoms with Crippen molar-refractivity contribution in [1.82, 2.24) is 0 Å². The summed E-state index contributed by atoms with van der Waals surface area (Å²) in [6.45, 7) is 4.22. The van der Waals surface area contributed by atoms with Crippen LogP contribution in [-0.2, 0) is 65.4 Å². The monoisotopic (exact) mass is 1650 g/mol. The van der Waals surface area contributed by atoms with Crippen molar-refractivity contribution < 1.29 is 80.2 Å². The first-order chi connectivity index (χ1) is 56.7. The summed E-state index contributed by atoms with van der Waals surface area (Å²) < 4.78 is 68.6. The zero-order chi connectivity index (χ0) is 84.5. The molecule has 0 bridgehead atoms. The fraction of sp³-hybridized carbons (Fsp3) is 0.526. The standard InChI is InChI=1S/C97H148O17P2/c1-5-9-13-17-21-25-29-33-37-41-45-49-53-57-61-65-69-73-77-81-94(99)107-87-92(113-96(101)83-79-75-71-67-63-59-55-51-47-43-39-35-31-27-23-19-15-11-7-3)89-111-115(103,104)109-85-91(98)86-110-116(105,106)112-90-93(114-97(102)84-80-76-72-68-64-60-56-52-48-44-40-36-32-28-24-20-16-12-8-4)88-108-95(100)82-78-74-70-66-62-58-54-50-46-42-38-34-30-26-22-18-14-10-6-2/h9-11,13-15,21-28,33-40,45-52,57-64,71-72,75-76,91-93,98H,5-8,12,16-20,29-32,41-44,53-56,65-70,73-74,77-90H2,1-4H3,(H,103,104)(H,105,106)/b13-9-,14-10-,15-11-,25-21-,26-22-,27-23-,28-24-,37-33-,38-34-,39-35-,40-36-,49-45-,50-46-,51-47-,52-48-,61-57-,62-58-,63-59-,64-60-,75-71-,76-72-/t91-,92-,93-/m1/s1. The molecule has 0 radical (unpaired) electrons. The number of hydrogen-bond donors (Lipinski definition) is 3. The van der Waals surface area contributed by atoms with E-state index in [2.05, 4.69) is 246 Å². The second kappa shape index (κ2) is 85.5. The lowest BCUT2D eigenvalue weighted by Gasteiger charge is -2.21. The van der Waals surface area contributed by atoms with Crippen LogP contribution in [0.15, 0.2) is 255 Å². The molecule has 0 saturated heterocycles. The Morgan fingerprint density at radius 2 is 0.466 bits per heavy atom. The second-order valence-electron chi connectivity index (χ2n) is 27.3. The van der Waals surface area contributed by atoms with E-state index in [4.69, 9.17) is 37.0 Å². The van der Waals surface area contributed by atoms with Gasteiger partial charge in [-0.2, -0.15) is 0 Å². The average molecular weight is 1650 g/mol. The number of rotatable bonds is 77. The van der Waals surface area contributed by atoms with E-state index < -0.39 is 97.5 Å². The first kappa shape index (κ1) is 109. The van der Waals surface area contributed by atoms with Gasteiger partial charge >= 0.3 is 39.5 Å². The maximum absolute atomic E-state index is 13.2. The Kier molecular flexibility index (Phi) is 80.0. The minimum atomic E-state index is -5.04. The number of allylic oxidation sites excluding steroid dienone is 42. The fourth-order valence-corrected chi connectivity index (χ4v) is 11.7. The topological polar surface area (TPSA) is 237 Å². The third-order valence-corrected chi connectivity index (χ3v) is 18.4. The molecule has 17 nitrogen and oxygen atoms in total. The first-order valence-corrected chi connectivity index (χ1v) is 45.9. The molecule has 0 saturated carbocycles. The van der Waals surface area contributed by atoms with E-state index in [0.717, 1.165) is 161 Å². The molecule has 2 unspecified atom stereocenters. The maximum atomic E-state index is 13.2. The molecule has 5 atom stereocenters. The predicted octanol–water partition coefficient (Wildman–Crippen LogP) is 26.1. The largest absolute Gasteiger partial charge is 0.472 e. The molecule has 0 rings (SSSR count).